The van der Waals surface area contributed by atoms with E-state index in [9.17, 15) is 10.1 Å². The van der Waals surface area contributed by atoms with Gasteiger partial charge in [-0.1, -0.05) is 0 Å². The Kier molecular flexibility index (Phi) is 3.78. The average molecular weight is 251 g/mol. The lowest BCUT2D eigenvalue weighted by Crippen LogP contribution is -2.33. The van der Waals surface area contributed by atoms with Crippen molar-refractivity contribution in [2.24, 2.45) is 0 Å². The van der Waals surface area contributed by atoms with E-state index in [0.29, 0.717) is 0 Å². The summed E-state index contributed by atoms with van der Waals surface area (Å²) in [4.78, 5) is 10.4. The number of hydrogen-bond donors (Lipinski definition) is 2. The zero-order valence-corrected chi connectivity index (χ0v) is 10.5. The SMILES string of the molecule is CO[C@H]1CNCC1Nc1cc(C)cc([N+](=O)[O-])c1. The van der Waals surface area contributed by atoms with Crippen molar-refractivity contribution < 1.29 is 9.66 Å². The highest BCUT2D eigenvalue weighted by molar-refractivity contribution is 5.54. The molecule has 1 heterocycles. The van der Waals surface area contributed by atoms with Gasteiger partial charge in [0.2, 0.25) is 0 Å². The third-order valence-electron chi connectivity index (χ3n) is 3.09. The van der Waals surface area contributed by atoms with Gasteiger partial charge in [0.05, 0.1) is 17.1 Å². The van der Waals surface area contributed by atoms with Crippen LogP contribution < -0.4 is 10.6 Å². The zero-order valence-electron chi connectivity index (χ0n) is 10.5. The molecule has 1 fully saturated rings. The molecule has 1 aromatic rings. The normalized spacial score (nSPS) is 23.0. The summed E-state index contributed by atoms with van der Waals surface area (Å²) >= 11 is 0. The molecule has 0 aliphatic carbocycles. The Bertz CT molecular complexity index is 450. The fourth-order valence-electron chi connectivity index (χ4n) is 2.21. The van der Waals surface area contributed by atoms with E-state index in [1.165, 1.54) is 0 Å². The van der Waals surface area contributed by atoms with Crippen molar-refractivity contribution in [3.05, 3.63) is 33.9 Å². The third-order valence-corrected chi connectivity index (χ3v) is 3.09. The van der Waals surface area contributed by atoms with Gasteiger partial charge in [0, 0.05) is 38.0 Å². The van der Waals surface area contributed by atoms with Crippen LogP contribution in [0.2, 0.25) is 0 Å². The minimum absolute atomic E-state index is 0.0876. The smallest absolute Gasteiger partial charge is 0.271 e. The second-order valence-electron chi connectivity index (χ2n) is 4.50. The standard InChI is InChI=1S/C12H17N3O3/c1-8-3-9(5-10(4-8)15(16)17)14-11-6-13-7-12(11)18-2/h3-5,11-14H,6-7H2,1-2H3/t11?,12-/m0/s1. The van der Waals surface area contributed by atoms with Crippen LogP contribution in [0.3, 0.4) is 0 Å². The quantitative estimate of drug-likeness (QED) is 0.623. The Morgan fingerprint density at radius 2 is 2.22 bits per heavy atom. The fraction of sp³-hybridized carbons (Fsp3) is 0.500. The van der Waals surface area contributed by atoms with Gasteiger partial charge in [0.25, 0.3) is 5.69 Å². The van der Waals surface area contributed by atoms with Crippen LogP contribution in [0.5, 0.6) is 0 Å². The van der Waals surface area contributed by atoms with Gasteiger partial charge in [-0.3, -0.25) is 10.1 Å². The molecule has 0 spiro atoms. The summed E-state index contributed by atoms with van der Waals surface area (Å²) in [6.45, 7) is 3.43. The van der Waals surface area contributed by atoms with Gasteiger partial charge in [-0.25, -0.2) is 0 Å². The van der Waals surface area contributed by atoms with E-state index >= 15 is 0 Å². The lowest BCUT2D eigenvalue weighted by molar-refractivity contribution is -0.384. The summed E-state index contributed by atoms with van der Waals surface area (Å²) in [6.07, 6.45) is 0.0876. The van der Waals surface area contributed by atoms with Crippen LogP contribution in [0, 0.1) is 17.0 Å². The number of non-ortho nitro benzene ring substituents is 1. The van der Waals surface area contributed by atoms with E-state index in [-0.39, 0.29) is 22.8 Å². The maximum absolute atomic E-state index is 10.8. The zero-order chi connectivity index (χ0) is 13.1. The predicted octanol–water partition coefficient (Wildman–Crippen LogP) is 1.30. The molecule has 0 bridgehead atoms. The minimum atomic E-state index is -0.376. The lowest BCUT2D eigenvalue weighted by Gasteiger charge is -2.19. The molecule has 2 rings (SSSR count). The van der Waals surface area contributed by atoms with Gasteiger partial charge >= 0.3 is 0 Å². The van der Waals surface area contributed by atoms with Crippen LogP contribution in [0.15, 0.2) is 18.2 Å². The molecule has 1 aromatic carbocycles. The van der Waals surface area contributed by atoms with Crippen molar-refractivity contribution in [3.63, 3.8) is 0 Å². The van der Waals surface area contributed by atoms with Crippen LogP contribution in [0.1, 0.15) is 5.56 Å². The van der Waals surface area contributed by atoms with Crippen LogP contribution >= 0.6 is 0 Å². The molecule has 18 heavy (non-hydrogen) atoms. The molecular weight excluding hydrogens is 234 g/mol. The number of methoxy groups -OCH3 is 1. The number of nitrogens with one attached hydrogen (secondary N) is 2. The number of benzene rings is 1. The molecule has 1 aliphatic heterocycles. The maximum atomic E-state index is 10.8. The first-order valence-electron chi connectivity index (χ1n) is 5.86. The predicted molar refractivity (Wildman–Crippen MR) is 68.9 cm³/mol. The largest absolute Gasteiger partial charge is 0.378 e. The number of anilines is 1. The second kappa shape index (κ2) is 5.32. The van der Waals surface area contributed by atoms with Crippen molar-refractivity contribution in [1.29, 1.82) is 0 Å². The number of nitrogens with zero attached hydrogens (tertiary/aromatic N) is 1. The molecule has 2 N–H and O–H groups in total. The Balaban J connectivity index is 2.16. The fourth-order valence-corrected chi connectivity index (χ4v) is 2.21. The van der Waals surface area contributed by atoms with Crippen LogP contribution in [-0.2, 0) is 4.74 Å². The van der Waals surface area contributed by atoms with Crippen LogP contribution in [-0.4, -0.2) is 37.3 Å². The first-order chi connectivity index (χ1) is 8.60. The molecular formula is C12H17N3O3. The lowest BCUT2D eigenvalue weighted by atomic mass is 10.1. The summed E-state index contributed by atoms with van der Waals surface area (Å²) in [6, 6.07) is 5.15. The minimum Gasteiger partial charge on any atom is -0.378 e. The molecule has 6 heteroatoms. The van der Waals surface area contributed by atoms with Gasteiger partial charge in [-0.05, 0) is 18.6 Å². The molecule has 0 aromatic heterocycles. The first kappa shape index (κ1) is 12.8. The summed E-state index contributed by atoms with van der Waals surface area (Å²) in [5, 5.41) is 17.3. The number of rotatable bonds is 4. The summed E-state index contributed by atoms with van der Waals surface area (Å²) < 4.78 is 5.35. The van der Waals surface area contributed by atoms with Crippen molar-refractivity contribution in [3.8, 4) is 0 Å². The molecule has 6 nitrogen and oxygen atoms in total. The highest BCUT2D eigenvalue weighted by atomic mass is 16.6. The van der Waals surface area contributed by atoms with E-state index in [2.05, 4.69) is 10.6 Å². The maximum Gasteiger partial charge on any atom is 0.271 e. The third kappa shape index (κ3) is 2.77. The van der Waals surface area contributed by atoms with Crippen molar-refractivity contribution >= 4 is 11.4 Å². The summed E-state index contributed by atoms with van der Waals surface area (Å²) in [5.74, 6) is 0. The molecule has 1 saturated heterocycles. The van der Waals surface area contributed by atoms with E-state index in [4.69, 9.17) is 4.74 Å². The Hall–Kier alpha value is -1.66. The second-order valence-corrected chi connectivity index (χ2v) is 4.50. The summed E-state index contributed by atoms with van der Waals surface area (Å²) in [5.41, 5.74) is 1.74. The van der Waals surface area contributed by atoms with Gasteiger partial charge in [0.1, 0.15) is 0 Å². The molecule has 2 atom stereocenters. The molecule has 1 unspecified atom stereocenters. The number of hydrogen-bond acceptors (Lipinski definition) is 5. The van der Waals surface area contributed by atoms with Gasteiger partial charge in [-0.2, -0.15) is 0 Å². The number of aryl methyl sites for hydroxylation is 1. The molecule has 98 valence electrons. The average Bonchev–Trinajstić information content (AvgIpc) is 2.75. The molecule has 1 aliphatic rings. The monoisotopic (exact) mass is 251 g/mol. The van der Waals surface area contributed by atoms with Crippen molar-refractivity contribution in [2.75, 3.05) is 25.5 Å². The van der Waals surface area contributed by atoms with Gasteiger partial charge in [0.15, 0.2) is 0 Å². The van der Waals surface area contributed by atoms with Gasteiger partial charge in [-0.15, -0.1) is 0 Å². The van der Waals surface area contributed by atoms with Crippen LogP contribution in [0.4, 0.5) is 11.4 Å². The van der Waals surface area contributed by atoms with Crippen molar-refractivity contribution in [1.82, 2.24) is 5.32 Å². The highest BCUT2D eigenvalue weighted by Crippen LogP contribution is 2.22. The van der Waals surface area contributed by atoms with Crippen molar-refractivity contribution in [2.45, 2.75) is 19.1 Å². The number of ether oxygens (including phenoxy) is 1. The van der Waals surface area contributed by atoms with Crippen LogP contribution in [0.25, 0.3) is 0 Å². The molecule has 0 amide bonds. The first-order valence-corrected chi connectivity index (χ1v) is 5.86. The Labute approximate surface area is 105 Å². The molecule has 0 radical (unpaired) electrons. The summed E-state index contributed by atoms with van der Waals surface area (Å²) in [7, 11) is 1.67. The Morgan fingerprint density at radius 1 is 1.44 bits per heavy atom. The van der Waals surface area contributed by atoms with E-state index in [0.717, 1.165) is 24.3 Å². The molecule has 0 saturated carbocycles. The topological polar surface area (TPSA) is 76.4 Å². The number of nitro groups is 1. The Morgan fingerprint density at radius 3 is 2.89 bits per heavy atom. The van der Waals surface area contributed by atoms with E-state index in [1.807, 2.05) is 13.0 Å². The highest BCUT2D eigenvalue weighted by Gasteiger charge is 2.26. The number of nitro benzene ring substituents is 1. The van der Waals surface area contributed by atoms with Gasteiger partial charge < -0.3 is 15.4 Å². The van der Waals surface area contributed by atoms with E-state index < -0.39 is 0 Å². The van der Waals surface area contributed by atoms with E-state index in [1.54, 1.807) is 19.2 Å².